The number of hydrogen-bond donors (Lipinski definition) is 3. The number of nitrogen functional groups attached to an aromatic ring is 1. The minimum Gasteiger partial charge on any atom is -0.481 e. The average molecular weight is 663 g/mol. The van der Waals surface area contributed by atoms with E-state index in [-0.39, 0.29) is 30.5 Å². The molecule has 0 spiro atoms. The molecule has 0 radical (unpaired) electrons. The third-order valence-electron chi connectivity index (χ3n) is 10.4. The maximum atomic E-state index is 13.4. The molecule has 2 fully saturated rings. The number of nitrogens with two attached hydrogens (primary N) is 1. The number of fused-ring (bicyclic) bond motifs is 1. The predicted octanol–water partition coefficient (Wildman–Crippen LogP) is 4.87. The Morgan fingerprint density at radius 3 is 2.45 bits per heavy atom. The van der Waals surface area contributed by atoms with Crippen LogP contribution >= 0.6 is 0 Å². The van der Waals surface area contributed by atoms with Gasteiger partial charge in [-0.15, -0.1) is 0 Å². The Balaban J connectivity index is 0.937. The van der Waals surface area contributed by atoms with Gasteiger partial charge < -0.3 is 25.6 Å². The van der Waals surface area contributed by atoms with E-state index in [1.54, 1.807) is 31.6 Å². The molecular weight excluding hydrogens is 616 g/mol. The van der Waals surface area contributed by atoms with Crippen LogP contribution in [0.15, 0.2) is 73.1 Å². The van der Waals surface area contributed by atoms with E-state index >= 15 is 0 Å². The van der Waals surface area contributed by atoms with E-state index in [0.29, 0.717) is 24.1 Å². The van der Waals surface area contributed by atoms with Crippen LogP contribution in [0.2, 0.25) is 0 Å². The lowest BCUT2D eigenvalue weighted by molar-refractivity contribution is 0.0272. The first-order valence-corrected chi connectivity index (χ1v) is 17.5. The number of pyridine rings is 2. The summed E-state index contributed by atoms with van der Waals surface area (Å²) in [7, 11) is 1.57. The second-order valence-electron chi connectivity index (χ2n) is 13.4. The Kier molecular flexibility index (Phi) is 10.2. The normalized spacial score (nSPS) is 21.1. The van der Waals surface area contributed by atoms with Crippen LogP contribution in [-0.2, 0) is 17.8 Å². The first-order chi connectivity index (χ1) is 24.0. The quantitative estimate of drug-likeness (QED) is 0.206. The van der Waals surface area contributed by atoms with Gasteiger partial charge in [0.05, 0.1) is 38.0 Å². The number of piperazine rings is 1. The topological polar surface area (TPSA) is 126 Å². The van der Waals surface area contributed by atoms with Crippen molar-refractivity contribution in [3.8, 4) is 28.1 Å². The molecule has 49 heavy (non-hydrogen) atoms. The van der Waals surface area contributed by atoms with Crippen molar-refractivity contribution in [2.75, 3.05) is 52.2 Å². The monoisotopic (exact) mass is 662 g/mol. The Hall–Kier alpha value is -4.35. The molecule has 4 N–H and O–H groups in total. The maximum absolute atomic E-state index is 13.4. The second-order valence-corrected chi connectivity index (χ2v) is 13.4. The van der Waals surface area contributed by atoms with E-state index in [1.165, 1.54) is 28.7 Å². The van der Waals surface area contributed by atoms with Crippen LogP contribution in [0, 0.1) is 0 Å². The summed E-state index contributed by atoms with van der Waals surface area (Å²) in [5.74, 6) is 0.456. The lowest BCUT2D eigenvalue weighted by atomic mass is 9.98. The van der Waals surface area contributed by atoms with Crippen molar-refractivity contribution in [2.45, 2.75) is 56.9 Å². The number of methoxy groups -OCH3 is 1. The Morgan fingerprint density at radius 1 is 0.918 bits per heavy atom. The van der Waals surface area contributed by atoms with Gasteiger partial charge in [-0.3, -0.25) is 14.6 Å². The van der Waals surface area contributed by atoms with E-state index in [4.69, 9.17) is 15.2 Å². The maximum Gasteiger partial charge on any atom is 0.255 e. The number of anilines is 1. The first-order valence-electron chi connectivity index (χ1n) is 17.5. The van der Waals surface area contributed by atoms with Crippen LogP contribution in [0.25, 0.3) is 22.3 Å². The molecule has 3 aliphatic rings. The molecule has 2 aromatic heterocycles. The van der Waals surface area contributed by atoms with Crippen molar-refractivity contribution >= 4 is 11.7 Å². The Labute approximate surface area is 288 Å². The van der Waals surface area contributed by atoms with Crippen LogP contribution in [0.5, 0.6) is 5.88 Å². The number of aliphatic hydroxyl groups is 1. The van der Waals surface area contributed by atoms with Crippen molar-refractivity contribution in [1.29, 1.82) is 0 Å². The van der Waals surface area contributed by atoms with Crippen LogP contribution < -0.4 is 15.8 Å². The zero-order valence-electron chi connectivity index (χ0n) is 28.2. The molecule has 4 aromatic rings. The smallest absolute Gasteiger partial charge is 0.255 e. The molecule has 256 valence electrons. The summed E-state index contributed by atoms with van der Waals surface area (Å²) in [4.78, 5) is 26.9. The molecular formula is C39H46N6O4. The number of aryl methyl sites for hydroxylation is 1. The van der Waals surface area contributed by atoms with E-state index in [0.717, 1.165) is 75.1 Å². The van der Waals surface area contributed by atoms with Crippen molar-refractivity contribution in [1.82, 2.24) is 25.1 Å². The first kappa shape index (κ1) is 33.2. The number of aliphatic hydroxyl groups excluding tert-OH is 1. The van der Waals surface area contributed by atoms with Gasteiger partial charge in [-0.2, -0.15) is 0 Å². The van der Waals surface area contributed by atoms with Crippen LogP contribution in [0.3, 0.4) is 0 Å². The van der Waals surface area contributed by atoms with Crippen molar-refractivity contribution in [2.24, 2.45) is 0 Å². The molecule has 3 atom stereocenters. The highest BCUT2D eigenvalue weighted by Crippen LogP contribution is 2.38. The fourth-order valence-electron chi connectivity index (χ4n) is 7.61. The number of carbonyl (C=O) groups is 1. The molecule has 10 nitrogen and oxygen atoms in total. The number of hydrogen-bond acceptors (Lipinski definition) is 9. The van der Waals surface area contributed by atoms with Crippen LogP contribution in [0.4, 0.5) is 5.82 Å². The molecule has 7 rings (SSSR count). The highest BCUT2D eigenvalue weighted by Gasteiger charge is 2.31. The minimum absolute atomic E-state index is 0.0749. The number of rotatable bonds is 11. The SMILES string of the molecule is COc1ccc(-c2cnc(N)c(C(=O)N[C@H]3CCC[C@@H]3OCc3ccc(-c4ccc5c(c4)CC[C@@H]5N4CCN(CCO)CC4)cc3)c2)cn1. The Bertz CT molecular complexity index is 1740. The molecule has 1 aliphatic heterocycles. The van der Waals surface area contributed by atoms with Gasteiger partial charge in [-0.25, -0.2) is 9.97 Å². The van der Waals surface area contributed by atoms with Gasteiger partial charge in [0.25, 0.3) is 5.91 Å². The van der Waals surface area contributed by atoms with Crippen molar-refractivity contribution in [3.63, 3.8) is 0 Å². The molecule has 0 unspecified atom stereocenters. The summed E-state index contributed by atoms with van der Waals surface area (Å²) >= 11 is 0. The number of nitrogens with zero attached hydrogens (tertiary/aromatic N) is 4. The van der Waals surface area contributed by atoms with E-state index in [9.17, 15) is 9.90 Å². The van der Waals surface area contributed by atoms with Gasteiger partial charge in [-0.05, 0) is 72.1 Å². The van der Waals surface area contributed by atoms with Crippen LogP contribution in [-0.4, -0.2) is 89.4 Å². The average Bonchev–Trinajstić information content (AvgIpc) is 3.78. The molecule has 1 amide bonds. The van der Waals surface area contributed by atoms with E-state index < -0.39 is 0 Å². The number of ether oxygens (including phenoxy) is 2. The lowest BCUT2D eigenvalue weighted by Gasteiger charge is -2.38. The number of aromatic nitrogens is 2. The number of carbonyl (C=O) groups excluding carboxylic acids is 1. The number of nitrogens with one attached hydrogen (secondary N) is 1. The predicted molar refractivity (Wildman–Crippen MR) is 190 cm³/mol. The summed E-state index contributed by atoms with van der Waals surface area (Å²) in [5.41, 5.74) is 14.6. The van der Waals surface area contributed by atoms with Crippen LogP contribution in [0.1, 0.15) is 58.8 Å². The van der Waals surface area contributed by atoms with Gasteiger partial charge in [0.2, 0.25) is 5.88 Å². The largest absolute Gasteiger partial charge is 0.481 e. The third kappa shape index (κ3) is 7.47. The lowest BCUT2D eigenvalue weighted by Crippen LogP contribution is -2.47. The van der Waals surface area contributed by atoms with Gasteiger partial charge >= 0.3 is 0 Å². The summed E-state index contributed by atoms with van der Waals surface area (Å²) in [5, 5.41) is 12.4. The van der Waals surface area contributed by atoms with E-state index in [2.05, 4.69) is 67.5 Å². The number of benzene rings is 2. The van der Waals surface area contributed by atoms with Crippen molar-refractivity contribution < 1.29 is 19.4 Å². The zero-order valence-corrected chi connectivity index (χ0v) is 28.2. The fraction of sp³-hybridized carbons (Fsp3) is 0.410. The highest BCUT2D eigenvalue weighted by atomic mass is 16.5. The van der Waals surface area contributed by atoms with Gasteiger partial charge in [-0.1, -0.05) is 42.5 Å². The van der Waals surface area contributed by atoms with Gasteiger partial charge in [0, 0.05) is 68.4 Å². The summed E-state index contributed by atoms with van der Waals surface area (Å²) < 4.78 is 11.5. The summed E-state index contributed by atoms with van der Waals surface area (Å²) in [6, 6.07) is 21.4. The number of β-amino-alcohol motifs (C(OH)–C–C–N with tert-alkyl or cyclic N) is 1. The summed E-state index contributed by atoms with van der Waals surface area (Å²) in [6.07, 6.45) is 8.28. The third-order valence-corrected chi connectivity index (χ3v) is 10.4. The minimum atomic E-state index is -0.250. The molecule has 1 saturated heterocycles. The molecule has 2 aromatic carbocycles. The zero-order chi connectivity index (χ0) is 33.7. The molecule has 1 saturated carbocycles. The molecule has 0 bridgehead atoms. The summed E-state index contributed by atoms with van der Waals surface area (Å²) in [6.45, 7) is 5.68. The standard InChI is InChI=1S/C39H46N6O4/c1-48-37-14-11-30(23-41-37)31-22-33(38(40)42-24-31)39(47)43-34-3-2-4-36(34)49-25-26-5-7-27(8-6-26)28-9-12-32-29(21-28)10-13-35(32)45-17-15-44(16-18-45)19-20-46/h5-9,11-12,14,21-24,34-36,46H,2-4,10,13,15-20,25H2,1H3,(H2,40,42)(H,43,47)/t34-,35-,36-/m0/s1. The Morgan fingerprint density at radius 2 is 1.69 bits per heavy atom. The number of amides is 1. The highest BCUT2D eigenvalue weighted by molar-refractivity contribution is 5.99. The van der Waals surface area contributed by atoms with Gasteiger partial charge in [0.15, 0.2) is 0 Å². The van der Waals surface area contributed by atoms with Crippen molar-refractivity contribution in [3.05, 3.63) is 95.3 Å². The molecule has 3 heterocycles. The fourth-order valence-corrected chi connectivity index (χ4v) is 7.61. The van der Waals surface area contributed by atoms with Gasteiger partial charge in [0.1, 0.15) is 5.82 Å². The van der Waals surface area contributed by atoms with E-state index in [1.807, 2.05) is 6.07 Å². The second kappa shape index (κ2) is 15.0. The molecule has 2 aliphatic carbocycles. The molecule has 10 heteroatoms.